The normalized spacial score (nSPS) is 15.4. The Kier molecular flexibility index (Phi) is 6.50. The summed E-state index contributed by atoms with van der Waals surface area (Å²) in [4.78, 5) is 13.0. The van der Waals surface area contributed by atoms with Crippen LogP contribution >= 0.6 is 0 Å². The number of aryl methyl sites for hydroxylation is 1. The van der Waals surface area contributed by atoms with Gasteiger partial charge in [-0.15, -0.1) is 0 Å². The molecule has 4 aromatic rings. The summed E-state index contributed by atoms with van der Waals surface area (Å²) in [6.45, 7) is 0. The molecule has 3 aromatic heterocycles. The number of anilines is 5. The molecule has 174 valence electrons. The third-order valence-corrected chi connectivity index (χ3v) is 6.00. The first-order valence-corrected chi connectivity index (χ1v) is 11.5. The SMILES string of the molecule is N#CC1CCc2nccc(Nc3ccc(C(O)Nc4cccc(Nc5ccncc5)n4)cc3)c2C1. The Morgan fingerprint density at radius 2 is 1.69 bits per heavy atom. The van der Waals surface area contributed by atoms with E-state index in [2.05, 4.69) is 37.0 Å². The maximum absolute atomic E-state index is 10.7. The smallest absolute Gasteiger partial charge is 0.151 e. The van der Waals surface area contributed by atoms with Crippen LogP contribution in [0.2, 0.25) is 0 Å². The predicted molar refractivity (Wildman–Crippen MR) is 135 cm³/mol. The average Bonchev–Trinajstić information content (AvgIpc) is 2.90. The quantitative estimate of drug-likeness (QED) is 0.280. The zero-order valence-corrected chi connectivity index (χ0v) is 19.0. The lowest BCUT2D eigenvalue weighted by Crippen LogP contribution is -2.15. The van der Waals surface area contributed by atoms with Gasteiger partial charge in [0.15, 0.2) is 6.23 Å². The number of rotatable bonds is 7. The Bertz CT molecular complexity index is 1340. The van der Waals surface area contributed by atoms with E-state index in [9.17, 15) is 10.4 Å². The van der Waals surface area contributed by atoms with Crippen LogP contribution in [0.5, 0.6) is 0 Å². The van der Waals surface area contributed by atoms with Gasteiger partial charge in [0.25, 0.3) is 0 Å². The van der Waals surface area contributed by atoms with Crippen LogP contribution < -0.4 is 16.0 Å². The molecule has 8 nitrogen and oxygen atoms in total. The highest BCUT2D eigenvalue weighted by molar-refractivity contribution is 5.65. The van der Waals surface area contributed by atoms with Gasteiger partial charge in [0, 0.05) is 46.9 Å². The summed E-state index contributed by atoms with van der Waals surface area (Å²) in [5.41, 5.74) is 5.64. The van der Waals surface area contributed by atoms with Gasteiger partial charge < -0.3 is 21.1 Å². The number of aliphatic hydroxyl groups is 1. The molecule has 0 bridgehead atoms. The number of nitrogens with one attached hydrogen (secondary N) is 3. The molecule has 35 heavy (non-hydrogen) atoms. The van der Waals surface area contributed by atoms with Gasteiger partial charge in [0.05, 0.1) is 12.0 Å². The summed E-state index contributed by atoms with van der Waals surface area (Å²) < 4.78 is 0. The number of nitrogens with zero attached hydrogens (tertiary/aromatic N) is 4. The van der Waals surface area contributed by atoms with Crippen LogP contribution in [0.1, 0.15) is 29.5 Å². The van der Waals surface area contributed by atoms with E-state index in [1.165, 1.54) is 0 Å². The highest BCUT2D eigenvalue weighted by atomic mass is 16.3. The largest absolute Gasteiger partial charge is 0.369 e. The molecular weight excluding hydrogens is 438 g/mol. The lowest BCUT2D eigenvalue weighted by Gasteiger charge is -2.22. The van der Waals surface area contributed by atoms with Crippen LogP contribution in [0.4, 0.5) is 28.7 Å². The van der Waals surface area contributed by atoms with E-state index in [0.717, 1.165) is 41.2 Å². The maximum atomic E-state index is 10.7. The van der Waals surface area contributed by atoms with Crippen LogP contribution in [0.25, 0.3) is 0 Å². The molecule has 0 aliphatic heterocycles. The number of nitriles is 1. The van der Waals surface area contributed by atoms with Crippen LogP contribution in [-0.4, -0.2) is 20.1 Å². The van der Waals surface area contributed by atoms with Crippen molar-refractivity contribution in [3.8, 4) is 6.07 Å². The second kappa shape index (κ2) is 10.2. The number of benzene rings is 1. The molecule has 0 amide bonds. The van der Waals surface area contributed by atoms with E-state index in [4.69, 9.17) is 0 Å². The van der Waals surface area contributed by atoms with Crippen molar-refractivity contribution < 1.29 is 5.11 Å². The Labute approximate surface area is 203 Å². The molecule has 1 aliphatic carbocycles. The summed E-state index contributed by atoms with van der Waals surface area (Å²) in [7, 11) is 0. The van der Waals surface area contributed by atoms with E-state index in [1.807, 2.05) is 54.6 Å². The third kappa shape index (κ3) is 5.37. The predicted octanol–water partition coefficient (Wildman–Crippen LogP) is 5.09. The number of fused-ring (bicyclic) bond motifs is 1. The van der Waals surface area contributed by atoms with Gasteiger partial charge in [0.2, 0.25) is 0 Å². The lowest BCUT2D eigenvalue weighted by atomic mass is 9.86. The van der Waals surface area contributed by atoms with E-state index in [1.54, 1.807) is 24.7 Å². The third-order valence-electron chi connectivity index (χ3n) is 6.00. The summed E-state index contributed by atoms with van der Waals surface area (Å²) in [5.74, 6) is 1.24. The van der Waals surface area contributed by atoms with Crippen molar-refractivity contribution in [3.63, 3.8) is 0 Å². The van der Waals surface area contributed by atoms with Gasteiger partial charge in [-0.3, -0.25) is 9.97 Å². The Morgan fingerprint density at radius 1 is 0.914 bits per heavy atom. The fourth-order valence-corrected chi connectivity index (χ4v) is 4.16. The van der Waals surface area contributed by atoms with Crippen molar-refractivity contribution in [3.05, 3.63) is 96.1 Å². The van der Waals surface area contributed by atoms with Crippen LogP contribution in [-0.2, 0) is 12.8 Å². The average molecular weight is 464 g/mol. The van der Waals surface area contributed by atoms with E-state index >= 15 is 0 Å². The molecule has 1 aliphatic rings. The minimum atomic E-state index is -0.919. The van der Waals surface area contributed by atoms with Gasteiger partial charge >= 0.3 is 0 Å². The van der Waals surface area contributed by atoms with E-state index < -0.39 is 6.23 Å². The summed E-state index contributed by atoms with van der Waals surface area (Å²) in [5, 5.41) is 29.7. The fraction of sp³-hybridized carbons (Fsp3) is 0.185. The van der Waals surface area contributed by atoms with Gasteiger partial charge in [-0.1, -0.05) is 18.2 Å². The molecule has 1 aromatic carbocycles. The number of hydrogen-bond donors (Lipinski definition) is 4. The van der Waals surface area contributed by atoms with Crippen molar-refractivity contribution in [2.24, 2.45) is 5.92 Å². The first-order valence-electron chi connectivity index (χ1n) is 11.5. The molecule has 8 heteroatoms. The molecule has 2 atom stereocenters. The van der Waals surface area contributed by atoms with Crippen molar-refractivity contribution in [2.45, 2.75) is 25.5 Å². The van der Waals surface area contributed by atoms with Crippen molar-refractivity contribution in [1.29, 1.82) is 5.26 Å². The van der Waals surface area contributed by atoms with E-state index in [0.29, 0.717) is 23.6 Å². The zero-order chi connectivity index (χ0) is 24.0. The van der Waals surface area contributed by atoms with Gasteiger partial charge in [-0.05, 0) is 67.3 Å². The molecule has 0 saturated heterocycles. The summed E-state index contributed by atoms with van der Waals surface area (Å²) in [6.07, 6.45) is 6.70. The minimum Gasteiger partial charge on any atom is -0.369 e. The molecular formula is C27H25N7O. The van der Waals surface area contributed by atoms with Crippen LogP contribution in [0.15, 0.2) is 79.3 Å². The molecule has 5 rings (SSSR count). The first kappa shape index (κ1) is 22.3. The monoisotopic (exact) mass is 463 g/mol. The Hall–Kier alpha value is -4.48. The number of pyridine rings is 3. The van der Waals surface area contributed by atoms with Crippen LogP contribution in [0.3, 0.4) is 0 Å². The molecule has 2 unspecified atom stereocenters. The maximum Gasteiger partial charge on any atom is 0.151 e. The Morgan fingerprint density at radius 3 is 2.49 bits per heavy atom. The second-order valence-corrected chi connectivity index (χ2v) is 8.42. The lowest BCUT2D eigenvalue weighted by molar-refractivity contribution is 0.208. The molecule has 3 heterocycles. The topological polar surface area (TPSA) is 119 Å². The van der Waals surface area contributed by atoms with Crippen molar-refractivity contribution in [2.75, 3.05) is 16.0 Å². The van der Waals surface area contributed by atoms with Gasteiger partial charge in [-0.2, -0.15) is 5.26 Å². The van der Waals surface area contributed by atoms with Crippen LogP contribution in [0, 0.1) is 17.2 Å². The fourth-order valence-electron chi connectivity index (χ4n) is 4.16. The molecule has 0 spiro atoms. The van der Waals surface area contributed by atoms with E-state index in [-0.39, 0.29) is 5.92 Å². The first-order chi connectivity index (χ1) is 17.2. The number of aromatic nitrogens is 3. The van der Waals surface area contributed by atoms with Gasteiger partial charge in [-0.25, -0.2) is 4.98 Å². The van der Waals surface area contributed by atoms with Crippen molar-refractivity contribution in [1.82, 2.24) is 15.0 Å². The Balaban J connectivity index is 1.25. The molecule has 4 N–H and O–H groups in total. The standard InChI is InChI=1S/C27H25N7O/c28-17-18-4-9-23-22(16-18)24(12-15-30-23)31-20-7-5-19(6-8-20)27(35)34-26-3-1-2-25(33-26)32-21-10-13-29-14-11-21/h1-3,5-8,10-15,18,27,35H,4,9,16H2,(H,30,31)(H2,29,32,33,34). The number of hydrogen-bond acceptors (Lipinski definition) is 8. The summed E-state index contributed by atoms with van der Waals surface area (Å²) >= 11 is 0. The molecule has 0 fully saturated rings. The minimum absolute atomic E-state index is 0.0304. The second-order valence-electron chi connectivity index (χ2n) is 8.42. The number of aliphatic hydroxyl groups excluding tert-OH is 1. The summed E-state index contributed by atoms with van der Waals surface area (Å²) in [6, 6.07) is 21.2. The highest BCUT2D eigenvalue weighted by Crippen LogP contribution is 2.31. The highest BCUT2D eigenvalue weighted by Gasteiger charge is 2.22. The molecule has 0 saturated carbocycles. The molecule has 0 radical (unpaired) electrons. The zero-order valence-electron chi connectivity index (χ0n) is 19.0. The van der Waals surface area contributed by atoms with Gasteiger partial charge in [0.1, 0.15) is 11.6 Å². The van der Waals surface area contributed by atoms with Crippen molar-refractivity contribution >= 4 is 28.7 Å².